The van der Waals surface area contributed by atoms with Crippen LogP contribution in [0.1, 0.15) is 101 Å². The highest BCUT2D eigenvalue weighted by molar-refractivity contribution is 7.09. The number of aromatic nitrogens is 4. The third-order valence-corrected chi connectivity index (χ3v) is 8.83. The first-order valence-electron chi connectivity index (χ1n) is 15.7. The van der Waals surface area contributed by atoms with Crippen LogP contribution < -0.4 is 0 Å². The van der Waals surface area contributed by atoms with E-state index < -0.39 is 0 Å². The molecule has 0 aliphatic carbocycles. The zero-order chi connectivity index (χ0) is 31.6. The number of fused-ring (bicyclic) bond motifs is 3. The van der Waals surface area contributed by atoms with E-state index in [1.54, 1.807) is 11.3 Å². The Kier molecular flexibility index (Phi) is 11.6. The van der Waals surface area contributed by atoms with E-state index in [-0.39, 0.29) is 0 Å². The number of thiazole rings is 1. The summed E-state index contributed by atoms with van der Waals surface area (Å²) in [6.45, 7) is 17.6. The van der Waals surface area contributed by atoms with Crippen molar-refractivity contribution >= 4 is 44.0 Å². The van der Waals surface area contributed by atoms with Crippen LogP contribution in [-0.4, -0.2) is 19.9 Å². The predicted octanol–water partition coefficient (Wildman–Crippen LogP) is 12.1. The molecule has 3 N–H and O–H groups in total. The summed E-state index contributed by atoms with van der Waals surface area (Å²) >= 11 is 1.72. The van der Waals surface area contributed by atoms with Crippen LogP contribution in [0, 0.1) is 0 Å². The van der Waals surface area contributed by atoms with Crippen molar-refractivity contribution < 1.29 is 0 Å². The maximum absolute atomic E-state index is 3.96. The Morgan fingerprint density at radius 1 is 0.545 bits per heavy atom. The van der Waals surface area contributed by atoms with Gasteiger partial charge in [-0.2, -0.15) is 0 Å². The van der Waals surface area contributed by atoms with Gasteiger partial charge in [-0.1, -0.05) is 91.8 Å². The summed E-state index contributed by atoms with van der Waals surface area (Å²) in [7, 11) is 0. The molecule has 230 valence electrons. The Morgan fingerprint density at radius 2 is 1.18 bits per heavy atom. The SMILES string of the molecule is CC(C)c1ccc2[nH]ccc2c1.CC(C)c1ccc2cc[nH]c2c1.CC(C)c1cccc2cc[nH]c12.CC(C)c1cncs1. The third kappa shape index (κ3) is 8.73. The second-order valence-electron chi connectivity index (χ2n) is 12.5. The van der Waals surface area contributed by atoms with Crippen molar-refractivity contribution in [3.8, 4) is 0 Å². The van der Waals surface area contributed by atoms with Crippen LogP contribution >= 0.6 is 11.3 Å². The number of rotatable bonds is 4. The minimum atomic E-state index is 0.590. The number of aromatic amines is 3. The lowest BCUT2D eigenvalue weighted by Crippen LogP contribution is -1.87. The monoisotopic (exact) mass is 604 g/mol. The Hall–Kier alpha value is -4.09. The lowest BCUT2D eigenvalue weighted by atomic mass is 10.0. The van der Waals surface area contributed by atoms with Gasteiger partial charge < -0.3 is 15.0 Å². The van der Waals surface area contributed by atoms with Gasteiger partial charge in [-0.3, -0.25) is 4.98 Å². The molecule has 0 atom stereocenters. The van der Waals surface area contributed by atoms with Gasteiger partial charge in [-0.05, 0) is 92.9 Å². The van der Waals surface area contributed by atoms with Crippen molar-refractivity contribution in [1.82, 2.24) is 19.9 Å². The number of H-pyrrole nitrogens is 3. The first kappa shape index (κ1) is 32.8. The standard InChI is InChI=1S/3C11H13N.C6H9NS/c1-8(2)9-3-4-11-10(7-9)5-6-12-11;1-8(2)10-4-3-9-5-6-12-11(9)7-10;1-8(2)10-5-3-4-9-6-7-12-11(9)10;1-5(2)6-3-7-4-8-6/h3*3-8,12H,1-2H3;3-5H,1-2H3. The molecule has 0 saturated heterocycles. The summed E-state index contributed by atoms with van der Waals surface area (Å²) in [6, 6.07) is 25.9. The molecule has 0 bridgehead atoms. The van der Waals surface area contributed by atoms with Crippen LogP contribution in [0.2, 0.25) is 0 Å². The fourth-order valence-corrected chi connectivity index (χ4v) is 5.59. The molecular weight excluding hydrogens is 557 g/mol. The van der Waals surface area contributed by atoms with E-state index in [0.29, 0.717) is 23.7 Å². The smallest absolute Gasteiger partial charge is 0.0794 e. The van der Waals surface area contributed by atoms with Crippen molar-refractivity contribution in [2.24, 2.45) is 0 Å². The van der Waals surface area contributed by atoms with Gasteiger partial charge in [-0.15, -0.1) is 11.3 Å². The van der Waals surface area contributed by atoms with Crippen LogP contribution in [0.5, 0.6) is 0 Å². The Labute approximate surface area is 267 Å². The topological polar surface area (TPSA) is 60.3 Å². The molecule has 4 aromatic heterocycles. The van der Waals surface area contributed by atoms with Gasteiger partial charge >= 0.3 is 0 Å². The van der Waals surface area contributed by atoms with Crippen molar-refractivity contribution in [2.45, 2.75) is 79.1 Å². The molecule has 0 saturated carbocycles. The van der Waals surface area contributed by atoms with Gasteiger partial charge in [0.15, 0.2) is 0 Å². The zero-order valence-corrected chi connectivity index (χ0v) is 28.3. The number of nitrogens with one attached hydrogen (secondary N) is 3. The first-order valence-corrected chi connectivity index (χ1v) is 16.6. The Balaban J connectivity index is 0.000000135. The third-order valence-electron chi connectivity index (χ3n) is 7.75. The van der Waals surface area contributed by atoms with Crippen LogP contribution in [0.25, 0.3) is 32.7 Å². The molecule has 0 radical (unpaired) electrons. The van der Waals surface area contributed by atoms with Crippen LogP contribution in [-0.2, 0) is 0 Å². The molecule has 7 rings (SSSR count). The first-order chi connectivity index (χ1) is 21.1. The molecule has 0 aliphatic rings. The molecule has 44 heavy (non-hydrogen) atoms. The van der Waals surface area contributed by atoms with Crippen LogP contribution in [0.4, 0.5) is 0 Å². The number of benzene rings is 3. The maximum Gasteiger partial charge on any atom is 0.0794 e. The van der Waals surface area contributed by atoms with E-state index in [0.717, 1.165) is 0 Å². The predicted molar refractivity (Wildman–Crippen MR) is 193 cm³/mol. The summed E-state index contributed by atoms with van der Waals surface area (Å²) < 4.78 is 0. The van der Waals surface area contributed by atoms with E-state index in [4.69, 9.17) is 0 Å². The molecule has 5 heteroatoms. The van der Waals surface area contributed by atoms with Crippen molar-refractivity contribution in [3.05, 3.63) is 125 Å². The minimum Gasteiger partial charge on any atom is -0.361 e. The normalized spacial score (nSPS) is 11.1. The number of para-hydroxylation sites is 1. The van der Waals surface area contributed by atoms with Crippen LogP contribution in [0.3, 0.4) is 0 Å². The quantitative estimate of drug-likeness (QED) is 0.184. The molecule has 0 aliphatic heterocycles. The fourth-order valence-electron chi connectivity index (χ4n) is 4.96. The number of hydrogen-bond acceptors (Lipinski definition) is 2. The van der Waals surface area contributed by atoms with E-state index in [9.17, 15) is 0 Å². The van der Waals surface area contributed by atoms with E-state index >= 15 is 0 Å². The van der Waals surface area contributed by atoms with Gasteiger partial charge in [-0.25, -0.2) is 0 Å². The molecule has 4 heterocycles. The highest BCUT2D eigenvalue weighted by Gasteiger charge is 2.04. The second-order valence-corrected chi connectivity index (χ2v) is 13.4. The van der Waals surface area contributed by atoms with Gasteiger partial charge in [0.1, 0.15) is 0 Å². The zero-order valence-electron chi connectivity index (χ0n) is 27.5. The highest BCUT2D eigenvalue weighted by Crippen LogP contribution is 2.24. The van der Waals surface area contributed by atoms with Crippen molar-refractivity contribution in [1.29, 1.82) is 0 Å². The highest BCUT2D eigenvalue weighted by atomic mass is 32.1. The fraction of sp³-hybridized carbons (Fsp3) is 0.308. The second kappa shape index (κ2) is 15.6. The van der Waals surface area contributed by atoms with E-state index in [1.165, 1.54) is 54.3 Å². The van der Waals surface area contributed by atoms with E-state index in [1.807, 2.05) is 30.3 Å². The summed E-state index contributed by atoms with van der Waals surface area (Å²) in [4.78, 5) is 15.0. The summed E-state index contributed by atoms with van der Waals surface area (Å²) in [5.74, 6) is 2.46. The molecule has 0 spiro atoms. The van der Waals surface area contributed by atoms with Gasteiger partial charge in [0.05, 0.1) is 5.51 Å². The average Bonchev–Trinajstić information content (AvgIpc) is 3.84. The molecule has 0 unspecified atom stereocenters. The Morgan fingerprint density at radius 3 is 1.82 bits per heavy atom. The Bertz CT molecular complexity index is 1750. The molecule has 0 amide bonds. The molecule has 0 fully saturated rings. The number of nitrogens with zero attached hydrogens (tertiary/aromatic N) is 1. The largest absolute Gasteiger partial charge is 0.361 e. The van der Waals surface area contributed by atoms with E-state index in [2.05, 4.69) is 148 Å². The van der Waals surface area contributed by atoms with Crippen molar-refractivity contribution in [3.63, 3.8) is 0 Å². The molecule has 3 aromatic carbocycles. The minimum absolute atomic E-state index is 0.590. The molecule has 4 nitrogen and oxygen atoms in total. The molecule has 7 aromatic rings. The summed E-state index contributed by atoms with van der Waals surface area (Å²) in [5.41, 5.74) is 9.81. The molecular formula is C39H48N4S. The number of hydrogen-bond donors (Lipinski definition) is 3. The summed E-state index contributed by atoms with van der Waals surface area (Å²) in [6.07, 6.45) is 7.88. The van der Waals surface area contributed by atoms with Crippen molar-refractivity contribution in [2.75, 3.05) is 0 Å². The maximum atomic E-state index is 3.96. The lowest BCUT2D eigenvalue weighted by Gasteiger charge is -2.05. The van der Waals surface area contributed by atoms with Crippen LogP contribution in [0.15, 0.2) is 103 Å². The van der Waals surface area contributed by atoms with Gasteiger partial charge in [0.2, 0.25) is 0 Å². The van der Waals surface area contributed by atoms with Gasteiger partial charge in [0, 0.05) is 46.2 Å². The average molecular weight is 605 g/mol. The lowest BCUT2D eigenvalue weighted by molar-refractivity contribution is 0.868. The van der Waals surface area contributed by atoms with Gasteiger partial charge in [0.25, 0.3) is 0 Å². The summed E-state index contributed by atoms with van der Waals surface area (Å²) in [5, 5.41) is 3.90.